The normalized spacial score (nSPS) is 10.7. The minimum absolute atomic E-state index is 0.237. The first kappa shape index (κ1) is 14.1. The number of hydrogen-bond acceptors (Lipinski definition) is 6. The molecule has 0 aliphatic carbocycles. The Hall–Kier alpha value is -3.54. The summed E-state index contributed by atoms with van der Waals surface area (Å²) in [5.41, 5.74) is 8.68. The minimum atomic E-state index is 0.237. The predicted molar refractivity (Wildman–Crippen MR) is 89.4 cm³/mol. The summed E-state index contributed by atoms with van der Waals surface area (Å²) in [6.45, 7) is 0. The van der Waals surface area contributed by atoms with Gasteiger partial charge in [0, 0.05) is 11.1 Å². The summed E-state index contributed by atoms with van der Waals surface area (Å²) >= 11 is 0. The first-order valence-electron chi connectivity index (χ1n) is 7.29. The molecule has 2 N–H and O–H groups in total. The van der Waals surface area contributed by atoms with Crippen LogP contribution in [-0.2, 0) is 0 Å². The van der Waals surface area contributed by atoms with Crippen LogP contribution in [-0.4, -0.2) is 20.2 Å². The minimum Gasteiger partial charge on any atom is -0.414 e. The molecule has 0 unspecified atom stereocenters. The van der Waals surface area contributed by atoms with E-state index in [2.05, 4.69) is 26.2 Å². The maximum atomic E-state index is 5.94. The van der Waals surface area contributed by atoms with Gasteiger partial charge >= 0.3 is 0 Å². The highest BCUT2D eigenvalue weighted by Crippen LogP contribution is 2.27. The summed E-state index contributed by atoms with van der Waals surface area (Å²) in [5.74, 6) is 0.882. The second-order valence-corrected chi connectivity index (χ2v) is 5.06. The highest BCUT2D eigenvalue weighted by molar-refractivity contribution is 5.68. The van der Waals surface area contributed by atoms with Crippen LogP contribution in [0.3, 0.4) is 0 Å². The van der Waals surface area contributed by atoms with Gasteiger partial charge in [-0.25, -0.2) is 9.97 Å². The summed E-state index contributed by atoms with van der Waals surface area (Å²) in [6.07, 6.45) is 1.61. The standard InChI is InChI=1S/C18H12N5O/c19-16-15(21-14(11-20-16)12-7-3-1-4-8-12)18-23-22-17(24-18)13-9-5-2-6-10-13/h1-3,5-11H,(H2,19,20). The SMILES string of the molecule is Nc1ncc(-c2c[c]ccc2)nc1-c1nnc(-c2ccccc2)o1. The highest BCUT2D eigenvalue weighted by atomic mass is 16.4. The van der Waals surface area contributed by atoms with E-state index >= 15 is 0 Å². The largest absolute Gasteiger partial charge is 0.414 e. The number of nitrogen functional groups attached to an aromatic ring is 1. The maximum absolute atomic E-state index is 5.94. The molecule has 0 saturated carbocycles. The molecule has 2 heterocycles. The van der Waals surface area contributed by atoms with Crippen molar-refractivity contribution in [3.63, 3.8) is 0 Å². The van der Waals surface area contributed by atoms with Gasteiger partial charge in [0.1, 0.15) is 0 Å². The zero-order valence-corrected chi connectivity index (χ0v) is 12.5. The molecule has 0 bridgehead atoms. The molecule has 0 aliphatic rings. The highest BCUT2D eigenvalue weighted by Gasteiger charge is 2.16. The van der Waals surface area contributed by atoms with Gasteiger partial charge in [-0.3, -0.25) is 0 Å². The van der Waals surface area contributed by atoms with Crippen molar-refractivity contribution < 1.29 is 4.42 Å². The van der Waals surface area contributed by atoms with E-state index < -0.39 is 0 Å². The molecule has 6 nitrogen and oxygen atoms in total. The zero-order valence-electron chi connectivity index (χ0n) is 12.5. The third kappa shape index (κ3) is 2.61. The summed E-state index contributed by atoms with van der Waals surface area (Å²) in [5, 5.41) is 8.11. The molecule has 115 valence electrons. The average molecular weight is 314 g/mol. The van der Waals surface area contributed by atoms with Crippen LogP contribution in [0.2, 0.25) is 0 Å². The van der Waals surface area contributed by atoms with Crippen molar-refractivity contribution in [2.45, 2.75) is 0 Å². The van der Waals surface area contributed by atoms with Gasteiger partial charge in [0.15, 0.2) is 11.5 Å². The third-order valence-corrected chi connectivity index (χ3v) is 3.45. The van der Waals surface area contributed by atoms with Crippen molar-refractivity contribution >= 4 is 5.82 Å². The van der Waals surface area contributed by atoms with Crippen LogP contribution in [0, 0.1) is 6.07 Å². The van der Waals surface area contributed by atoms with Crippen molar-refractivity contribution in [3.8, 4) is 34.3 Å². The molecule has 0 saturated heterocycles. The second-order valence-electron chi connectivity index (χ2n) is 5.06. The van der Waals surface area contributed by atoms with Crippen molar-refractivity contribution in [2.75, 3.05) is 5.73 Å². The van der Waals surface area contributed by atoms with Crippen molar-refractivity contribution in [3.05, 3.63) is 66.9 Å². The molecule has 1 radical (unpaired) electrons. The maximum Gasteiger partial charge on any atom is 0.270 e. The Kier molecular flexibility index (Phi) is 3.47. The Balaban J connectivity index is 1.76. The Labute approximate surface area is 138 Å². The quantitative estimate of drug-likeness (QED) is 0.624. The molecule has 2 aromatic heterocycles. The zero-order chi connectivity index (χ0) is 16.4. The number of nitrogens with zero attached hydrogens (tertiary/aromatic N) is 4. The number of aromatic nitrogens is 4. The summed E-state index contributed by atoms with van der Waals surface area (Å²) in [6, 6.07) is 20.0. The van der Waals surface area contributed by atoms with E-state index in [0.717, 1.165) is 11.1 Å². The molecule has 4 aromatic rings. The monoisotopic (exact) mass is 314 g/mol. The van der Waals surface area contributed by atoms with Crippen molar-refractivity contribution in [1.29, 1.82) is 0 Å². The molecule has 4 rings (SSSR count). The van der Waals surface area contributed by atoms with Gasteiger partial charge in [-0.05, 0) is 24.3 Å². The van der Waals surface area contributed by atoms with E-state index in [9.17, 15) is 0 Å². The number of rotatable bonds is 3. The van der Waals surface area contributed by atoms with E-state index in [4.69, 9.17) is 10.2 Å². The van der Waals surface area contributed by atoms with Crippen LogP contribution in [0.4, 0.5) is 5.82 Å². The van der Waals surface area contributed by atoms with Gasteiger partial charge in [0.25, 0.3) is 5.89 Å². The van der Waals surface area contributed by atoms with Crippen LogP contribution >= 0.6 is 0 Å². The van der Waals surface area contributed by atoms with Crippen molar-refractivity contribution in [2.24, 2.45) is 0 Å². The van der Waals surface area contributed by atoms with Gasteiger partial charge in [-0.1, -0.05) is 36.4 Å². The first-order chi connectivity index (χ1) is 11.8. The Morgan fingerprint density at radius 1 is 0.917 bits per heavy atom. The third-order valence-electron chi connectivity index (χ3n) is 3.45. The summed E-state index contributed by atoms with van der Waals surface area (Å²) in [7, 11) is 0. The van der Waals surface area contributed by atoms with Crippen LogP contribution in [0.1, 0.15) is 0 Å². The number of nitrogens with two attached hydrogens (primary N) is 1. The fourth-order valence-corrected chi connectivity index (χ4v) is 2.26. The smallest absolute Gasteiger partial charge is 0.270 e. The van der Waals surface area contributed by atoms with E-state index in [1.807, 2.05) is 54.6 Å². The Bertz CT molecular complexity index is 967. The number of anilines is 1. The average Bonchev–Trinajstić information content (AvgIpc) is 3.13. The van der Waals surface area contributed by atoms with Crippen LogP contribution in [0.15, 0.2) is 65.2 Å². The van der Waals surface area contributed by atoms with Gasteiger partial charge in [0.2, 0.25) is 5.89 Å². The van der Waals surface area contributed by atoms with Gasteiger partial charge < -0.3 is 10.2 Å². The molecular weight excluding hydrogens is 302 g/mol. The van der Waals surface area contributed by atoms with Gasteiger partial charge in [0.05, 0.1) is 11.9 Å². The summed E-state index contributed by atoms with van der Waals surface area (Å²) < 4.78 is 5.71. The van der Waals surface area contributed by atoms with Crippen LogP contribution in [0.25, 0.3) is 34.3 Å². The van der Waals surface area contributed by atoms with E-state index in [-0.39, 0.29) is 11.7 Å². The molecule has 0 atom stereocenters. The van der Waals surface area contributed by atoms with Crippen LogP contribution in [0.5, 0.6) is 0 Å². The Morgan fingerprint density at radius 2 is 1.71 bits per heavy atom. The Morgan fingerprint density at radius 3 is 2.50 bits per heavy atom. The number of hydrogen-bond donors (Lipinski definition) is 1. The lowest BCUT2D eigenvalue weighted by atomic mass is 10.1. The molecule has 0 fully saturated rings. The molecule has 6 heteroatoms. The molecule has 0 amide bonds. The first-order valence-corrected chi connectivity index (χ1v) is 7.29. The topological polar surface area (TPSA) is 90.7 Å². The van der Waals surface area contributed by atoms with E-state index in [1.54, 1.807) is 6.20 Å². The molecule has 24 heavy (non-hydrogen) atoms. The van der Waals surface area contributed by atoms with Crippen molar-refractivity contribution in [1.82, 2.24) is 20.2 Å². The lowest BCUT2D eigenvalue weighted by Gasteiger charge is -2.04. The lowest BCUT2D eigenvalue weighted by Crippen LogP contribution is -1.99. The van der Waals surface area contributed by atoms with Crippen LogP contribution < -0.4 is 5.73 Å². The molecule has 0 spiro atoms. The van der Waals surface area contributed by atoms with E-state index in [0.29, 0.717) is 17.3 Å². The molecule has 0 aliphatic heterocycles. The number of benzene rings is 2. The summed E-state index contributed by atoms with van der Waals surface area (Å²) in [4.78, 5) is 8.70. The van der Waals surface area contributed by atoms with E-state index in [1.165, 1.54) is 0 Å². The molecule has 2 aromatic carbocycles. The second kappa shape index (κ2) is 5.92. The lowest BCUT2D eigenvalue weighted by molar-refractivity contribution is 0.582. The predicted octanol–water partition coefficient (Wildman–Crippen LogP) is 3.24. The molecular formula is C18H12N5O. The fourth-order valence-electron chi connectivity index (χ4n) is 2.26. The fraction of sp³-hybridized carbons (Fsp3) is 0. The van der Waals surface area contributed by atoms with Gasteiger partial charge in [-0.15, -0.1) is 10.2 Å². The van der Waals surface area contributed by atoms with Gasteiger partial charge in [-0.2, -0.15) is 0 Å².